The number of aromatic hydroxyl groups is 2. The molecule has 15 nitrogen and oxygen atoms in total. The van der Waals surface area contributed by atoms with Gasteiger partial charge in [-0.05, 0) is 44.2 Å². The van der Waals surface area contributed by atoms with Crippen LogP contribution in [-0.2, 0) is 23.8 Å². The average Bonchev–Trinajstić information content (AvgIpc) is 3.84. The van der Waals surface area contributed by atoms with Gasteiger partial charge < -0.3 is 54.5 Å². The average molecular weight is 934 g/mol. The minimum absolute atomic E-state index is 0.00250. The van der Waals surface area contributed by atoms with Gasteiger partial charge in [0.25, 0.3) is 11.7 Å². The van der Waals surface area contributed by atoms with Gasteiger partial charge in [-0.25, -0.2) is 4.98 Å². The van der Waals surface area contributed by atoms with Crippen molar-refractivity contribution in [3.8, 4) is 17.2 Å². The van der Waals surface area contributed by atoms with Crippen LogP contribution in [0.1, 0.15) is 64.4 Å². The van der Waals surface area contributed by atoms with Gasteiger partial charge in [-0.15, -0.1) is 0 Å². The Labute approximate surface area is 386 Å². The quantitative estimate of drug-likeness (QED) is 0.0988. The fourth-order valence-corrected chi connectivity index (χ4v) is 10.3. The van der Waals surface area contributed by atoms with Crippen molar-refractivity contribution < 1.29 is 53.8 Å². The number of hydrogen-bond acceptors (Lipinski definition) is 15. The fourth-order valence-electron chi connectivity index (χ4n) is 9.05. The summed E-state index contributed by atoms with van der Waals surface area (Å²) in [5.74, 6) is -6.94. The summed E-state index contributed by atoms with van der Waals surface area (Å²) in [6.07, 6.45) is 3.91. The second kappa shape index (κ2) is 18.8. The number of phenols is 2. The molecule has 1 saturated heterocycles. The molecule has 65 heavy (non-hydrogen) atoms. The molecule has 0 radical (unpaired) electrons. The number of esters is 1. The number of carbonyl (C=O) groups is 3. The van der Waals surface area contributed by atoms with E-state index in [2.05, 4.69) is 15.1 Å². The van der Waals surface area contributed by atoms with Gasteiger partial charge in [0.15, 0.2) is 10.9 Å². The maximum absolute atomic E-state index is 14.8. The third-order valence-corrected chi connectivity index (χ3v) is 14.5. The minimum atomic E-state index is -1.97. The highest BCUT2D eigenvalue weighted by atomic mass is 35.5. The number of ether oxygens (including phenoxy) is 4. The van der Waals surface area contributed by atoms with E-state index in [4.69, 9.17) is 35.5 Å². The van der Waals surface area contributed by atoms with Crippen molar-refractivity contribution in [2.24, 2.45) is 23.7 Å². The van der Waals surface area contributed by atoms with Crippen LogP contribution in [0.2, 0.25) is 5.02 Å². The number of methoxy groups -OCH3 is 1. The largest absolute Gasteiger partial charge is 0.507 e. The Balaban J connectivity index is 1.36. The number of halogens is 1. The molecule has 1 amide bonds. The molecular weight excluding hydrogens is 876 g/mol. The van der Waals surface area contributed by atoms with Gasteiger partial charge in [0, 0.05) is 98.0 Å². The molecule has 9 atom stereocenters. The van der Waals surface area contributed by atoms with E-state index >= 15 is 0 Å². The van der Waals surface area contributed by atoms with Gasteiger partial charge in [-0.1, -0.05) is 68.9 Å². The van der Waals surface area contributed by atoms with Crippen LogP contribution >= 0.6 is 22.9 Å². The first kappa shape index (κ1) is 47.6. The molecule has 348 valence electrons. The molecular formula is C48H57ClN4O11S. The summed E-state index contributed by atoms with van der Waals surface area (Å²) in [6, 6.07) is 7.64. The lowest BCUT2D eigenvalue weighted by molar-refractivity contribution is -0.160. The summed E-state index contributed by atoms with van der Waals surface area (Å²) < 4.78 is 24.4. The number of thiazole rings is 1. The number of aliphatic hydroxyl groups excluding tert-OH is 2. The van der Waals surface area contributed by atoms with Crippen molar-refractivity contribution in [1.82, 2.24) is 4.98 Å². The Morgan fingerprint density at radius 1 is 0.938 bits per heavy atom. The molecule has 3 aromatic carbocycles. The summed E-state index contributed by atoms with van der Waals surface area (Å²) in [7, 11) is 1.46. The Kier molecular flexibility index (Phi) is 13.8. The number of hydrogen-bond donors (Lipinski definition) is 5. The number of rotatable bonds is 4. The smallest absolute Gasteiger partial charge is 0.312 e. The number of phenolic OH excluding ortho intramolecular Hbond substituents is 2. The first-order valence-electron chi connectivity index (χ1n) is 21.7. The molecule has 17 heteroatoms. The molecule has 3 aliphatic rings. The van der Waals surface area contributed by atoms with Crippen LogP contribution in [0, 0.1) is 30.6 Å². The van der Waals surface area contributed by atoms with Crippen molar-refractivity contribution >= 4 is 78.1 Å². The molecule has 9 unspecified atom stereocenters. The molecule has 0 aliphatic carbocycles. The van der Waals surface area contributed by atoms with Crippen molar-refractivity contribution in [3.05, 3.63) is 76.6 Å². The van der Waals surface area contributed by atoms with E-state index in [1.54, 1.807) is 65.8 Å². The second-order valence-electron chi connectivity index (χ2n) is 17.5. The summed E-state index contributed by atoms with van der Waals surface area (Å²) in [5, 5.41) is 51.2. The van der Waals surface area contributed by atoms with E-state index in [0.29, 0.717) is 41.0 Å². The van der Waals surface area contributed by atoms with E-state index < -0.39 is 77.3 Å². The molecule has 1 aromatic heterocycles. The van der Waals surface area contributed by atoms with Gasteiger partial charge in [0.1, 0.15) is 23.3 Å². The number of aromatic nitrogens is 1. The Morgan fingerprint density at radius 2 is 1.60 bits per heavy atom. The van der Waals surface area contributed by atoms with Crippen molar-refractivity contribution in [2.45, 2.75) is 85.6 Å². The van der Waals surface area contributed by atoms with Crippen molar-refractivity contribution in [1.29, 1.82) is 0 Å². The molecule has 4 heterocycles. The Hall–Kier alpha value is -5.39. The van der Waals surface area contributed by atoms with Crippen LogP contribution in [0.25, 0.3) is 21.0 Å². The van der Waals surface area contributed by atoms with Crippen LogP contribution in [0.3, 0.4) is 0 Å². The molecule has 0 saturated carbocycles. The highest BCUT2D eigenvalue weighted by molar-refractivity contribution is 7.23. The summed E-state index contributed by atoms with van der Waals surface area (Å²) >= 11 is 7.38. The first-order chi connectivity index (χ1) is 30.8. The number of Topliss-reactive ketones (excluding diaryl/α,β-unsaturated/α-hetero) is 1. The second-order valence-corrected chi connectivity index (χ2v) is 18.9. The summed E-state index contributed by atoms with van der Waals surface area (Å²) in [5.41, 5.74) is 1.72. The Morgan fingerprint density at radius 3 is 2.25 bits per heavy atom. The molecule has 1 fully saturated rings. The first-order valence-corrected chi connectivity index (χ1v) is 22.9. The van der Waals surface area contributed by atoms with Gasteiger partial charge in [0.05, 0.1) is 45.7 Å². The number of aliphatic hydroxyl groups is 2. The van der Waals surface area contributed by atoms with E-state index in [-0.39, 0.29) is 50.2 Å². The van der Waals surface area contributed by atoms with Gasteiger partial charge >= 0.3 is 11.8 Å². The normalized spacial score (nSPS) is 29.9. The third-order valence-electron chi connectivity index (χ3n) is 13.1. The number of amides is 1. The number of fused-ring (bicyclic) bond motifs is 1. The van der Waals surface area contributed by atoms with E-state index in [1.807, 2.05) is 24.3 Å². The molecule has 5 N–H and O–H groups in total. The highest BCUT2D eigenvalue weighted by Crippen LogP contribution is 2.55. The topological polar surface area (TPSA) is 200 Å². The van der Waals surface area contributed by atoms with Gasteiger partial charge in [0.2, 0.25) is 0 Å². The zero-order chi connectivity index (χ0) is 47.2. The molecule has 0 spiro atoms. The number of ketones is 1. The Bertz CT molecular complexity index is 2590. The zero-order valence-electron chi connectivity index (χ0n) is 37.9. The summed E-state index contributed by atoms with van der Waals surface area (Å²) in [4.78, 5) is 50.6. The lowest BCUT2D eigenvalue weighted by Crippen LogP contribution is -2.46. The van der Waals surface area contributed by atoms with E-state index in [1.165, 1.54) is 38.6 Å². The predicted molar refractivity (Wildman–Crippen MR) is 251 cm³/mol. The lowest BCUT2D eigenvalue weighted by Gasteiger charge is -2.38. The van der Waals surface area contributed by atoms with Crippen molar-refractivity contribution in [3.63, 3.8) is 0 Å². The lowest BCUT2D eigenvalue weighted by atomic mass is 9.78. The maximum atomic E-state index is 14.8. The number of anilines is 3. The zero-order valence-corrected chi connectivity index (χ0v) is 39.5. The van der Waals surface area contributed by atoms with Gasteiger partial charge in [-0.3, -0.25) is 14.4 Å². The molecule has 3 aliphatic heterocycles. The number of carbonyl (C=O) groups excluding carboxylic acids is 3. The minimum Gasteiger partial charge on any atom is -0.507 e. The number of piperazine rings is 1. The number of nitrogens with one attached hydrogen (secondary N) is 1. The highest BCUT2D eigenvalue weighted by Gasteiger charge is 2.50. The fraction of sp³-hybridized carbons (Fsp3) is 0.458. The van der Waals surface area contributed by atoms with E-state index in [0.717, 1.165) is 5.69 Å². The van der Waals surface area contributed by atoms with Crippen LogP contribution in [-0.4, -0.2) is 107 Å². The number of benzene rings is 3. The predicted octanol–water partition coefficient (Wildman–Crippen LogP) is 7.64. The number of allylic oxidation sites excluding steroid dienone is 2. The summed E-state index contributed by atoms with van der Waals surface area (Å²) in [6.45, 7) is 15.4. The molecule has 4 bridgehead atoms. The van der Waals surface area contributed by atoms with Crippen LogP contribution < -0.4 is 19.9 Å². The standard InChI is InChI=1S/C48H57ClN4O11S/c1-23-11-10-12-24(2)46(60)50-37-41(58)34-33(36-44(37)65-47(51-36)53-20-18-52(19-21-53)31-15-13-30(49)14-16-31)35-43(28(6)40(34)57)64-48(8,45(35)59)62-22-17-32(61-9)25(3)42(63-29(7)54)27(5)39(56)26(4)38(23)55/h10-17,22-23,25-27,32,38-39,42,55-58H,18-21H2,1-9H3,(H,50,60)/b11-10+,22-17+,24-12-. The molecule has 7 rings (SSSR count). The number of nitrogens with zero attached hydrogens (tertiary/aromatic N) is 3. The van der Waals surface area contributed by atoms with E-state index in [9.17, 15) is 34.8 Å². The molecule has 4 aromatic rings. The van der Waals surface area contributed by atoms with Crippen LogP contribution in [0.15, 0.2) is 60.4 Å². The van der Waals surface area contributed by atoms with Crippen LogP contribution in [0.5, 0.6) is 17.2 Å². The van der Waals surface area contributed by atoms with Crippen molar-refractivity contribution in [2.75, 3.05) is 48.4 Å². The third kappa shape index (κ3) is 8.98. The van der Waals surface area contributed by atoms with Crippen LogP contribution in [0.4, 0.5) is 16.5 Å². The monoisotopic (exact) mass is 932 g/mol. The SMILES string of the molecule is COC1/C=C/OC2(C)Oc3c(C)c(O)c4c(O)c(c5sc(N6CCN(c7ccc(Cl)cc7)CC6)nc5c4c3C2=O)NC(=O)/C(C)=C\C=C\C(C)C(O)C(C)C(O)C(C)C(OC(C)=O)C1C. The maximum Gasteiger partial charge on any atom is 0.312 e. The van der Waals surface area contributed by atoms with Gasteiger partial charge in [-0.2, -0.15) is 0 Å².